The Morgan fingerprint density at radius 2 is 2.22 bits per heavy atom. The topological polar surface area (TPSA) is 59.6 Å². The second-order valence-electron chi connectivity index (χ2n) is 4.43. The van der Waals surface area contributed by atoms with E-state index in [2.05, 4.69) is 24.2 Å². The molecule has 0 aliphatic heterocycles. The van der Waals surface area contributed by atoms with Crippen LogP contribution in [0.15, 0.2) is 23.2 Å². The van der Waals surface area contributed by atoms with Crippen molar-refractivity contribution in [2.75, 3.05) is 13.7 Å². The van der Waals surface area contributed by atoms with Crippen molar-refractivity contribution >= 4 is 17.6 Å². The van der Waals surface area contributed by atoms with E-state index in [9.17, 15) is 0 Å². The van der Waals surface area contributed by atoms with Crippen molar-refractivity contribution < 1.29 is 4.74 Å². The van der Waals surface area contributed by atoms with Crippen molar-refractivity contribution in [2.24, 2.45) is 16.6 Å². The largest absolute Gasteiger partial charge is 0.496 e. The second-order valence-corrected chi connectivity index (χ2v) is 4.87. The highest BCUT2D eigenvalue weighted by molar-refractivity contribution is 6.30. The van der Waals surface area contributed by atoms with E-state index in [1.54, 1.807) is 13.2 Å². The number of hydrogen-bond donors (Lipinski definition) is 2. The van der Waals surface area contributed by atoms with Crippen LogP contribution in [0.4, 0.5) is 0 Å². The Morgan fingerprint density at radius 3 is 2.83 bits per heavy atom. The summed E-state index contributed by atoms with van der Waals surface area (Å²) < 4.78 is 5.24. The van der Waals surface area contributed by atoms with Crippen LogP contribution in [0.25, 0.3) is 0 Å². The van der Waals surface area contributed by atoms with Gasteiger partial charge in [0, 0.05) is 17.1 Å². The molecule has 1 rings (SSSR count). The lowest BCUT2D eigenvalue weighted by Gasteiger charge is -2.09. The molecule has 0 aliphatic rings. The number of hydrogen-bond acceptors (Lipinski definition) is 2. The Kier molecular flexibility index (Phi) is 5.78. The van der Waals surface area contributed by atoms with Gasteiger partial charge in [-0.15, -0.1) is 0 Å². The fourth-order valence-electron chi connectivity index (χ4n) is 1.38. The Bertz CT molecular complexity index is 419. The van der Waals surface area contributed by atoms with E-state index in [1.165, 1.54) is 0 Å². The van der Waals surface area contributed by atoms with Crippen molar-refractivity contribution in [1.29, 1.82) is 0 Å². The second kappa shape index (κ2) is 7.11. The summed E-state index contributed by atoms with van der Waals surface area (Å²) in [5, 5.41) is 3.71. The molecule has 1 aromatic carbocycles. The van der Waals surface area contributed by atoms with Gasteiger partial charge in [-0.25, -0.2) is 4.99 Å². The van der Waals surface area contributed by atoms with Crippen molar-refractivity contribution in [3.8, 4) is 5.75 Å². The molecule has 0 amide bonds. The summed E-state index contributed by atoms with van der Waals surface area (Å²) in [5.74, 6) is 1.70. The van der Waals surface area contributed by atoms with Gasteiger partial charge in [-0.3, -0.25) is 0 Å². The molecule has 0 aromatic heterocycles. The van der Waals surface area contributed by atoms with Crippen LogP contribution in [-0.4, -0.2) is 19.6 Å². The molecule has 0 bridgehead atoms. The average molecular weight is 270 g/mol. The summed E-state index contributed by atoms with van der Waals surface area (Å²) in [4.78, 5) is 4.26. The summed E-state index contributed by atoms with van der Waals surface area (Å²) in [6, 6.07) is 5.47. The lowest BCUT2D eigenvalue weighted by atomic mass is 10.2. The van der Waals surface area contributed by atoms with E-state index in [0.717, 1.165) is 17.9 Å². The Morgan fingerprint density at radius 1 is 1.50 bits per heavy atom. The molecule has 3 N–H and O–H groups in total. The Hall–Kier alpha value is -1.42. The van der Waals surface area contributed by atoms with Crippen LogP contribution in [0.2, 0.25) is 5.02 Å². The molecule has 0 radical (unpaired) electrons. The molecule has 0 heterocycles. The first-order chi connectivity index (χ1) is 8.52. The first-order valence-electron chi connectivity index (χ1n) is 5.89. The fourth-order valence-corrected chi connectivity index (χ4v) is 1.55. The van der Waals surface area contributed by atoms with E-state index in [-0.39, 0.29) is 0 Å². The summed E-state index contributed by atoms with van der Waals surface area (Å²) in [6.07, 6.45) is 0. The number of ether oxygens (including phenoxy) is 1. The molecule has 0 fully saturated rings. The average Bonchev–Trinajstić information content (AvgIpc) is 2.34. The monoisotopic (exact) mass is 269 g/mol. The third-order valence-electron chi connectivity index (χ3n) is 2.36. The van der Waals surface area contributed by atoms with E-state index in [0.29, 0.717) is 23.4 Å². The summed E-state index contributed by atoms with van der Waals surface area (Å²) >= 11 is 5.89. The maximum atomic E-state index is 5.89. The van der Waals surface area contributed by atoms with Crippen molar-refractivity contribution in [1.82, 2.24) is 5.32 Å². The molecule has 0 saturated heterocycles. The minimum absolute atomic E-state index is 0.445. The van der Waals surface area contributed by atoms with Crippen molar-refractivity contribution in [3.63, 3.8) is 0 Å². The Labute approximate surface area is 113 Å². The number of halogens is 1. The first kappa shape index (κ1) is 14.6. The number of nitrogens with two attached hydrogens (primary N) is 1. The molecule has 5 heteroatoms. The predicted octanol–water partition coefficient (Wildman–Crippen LogP) is 2.41. The summed E-state index contributed by atoms with van der Waals surface area (Å²) in [5.41, 5.74) is 6.72. The van der Waals surface area contributed by atoms with E-state index < -0.39 is 0 Å². The van der Waals surface area contributed by atoms with Gasteiger partial charge in [-0.1, -0.05) is 31.5 Å². The molecule has 0 aliphatic carbocycles. The molecule has 0 spiro atoms. The van der Waals surface area contributed by atoms with Crippen LogP contribution >= 0.6 is 11.6 Å². The molecule has 0 atom stereocenters. The minimum atomic E-state index is 0.445. The third kappa shape index (κ3) is 4.84. The van der Waals surface area contributed by atoms with Gasteiger partial charge >= 0.3 is 0 Å². The highest BCUT2D eigenvalue weighted by Gasteiger charge is 2.03. The zero-order valence-corrected chi connectivity index (χ0v) is 11.8. The van der Waals surface area contributed by atoms with Gasteiger partial charge in [0.05, 0.1) is 13.7 Å². The number of nitrogens with one attached hydrogen (secondary N) is 1. The van der Waals surface area contributed by atoms with Crippen LogP contribution in [0, 0.1) is 5.92 Å². The van der Waals surface area contributed by atoms with Gasteiger partial charge in [0.15, 0.2) is 5.96 Å². The van der Waals surface area contributed by atoms with Gasteiger partial charge in [0.25, 0.3) is 0 Å². The molecule has 1 aromatic rings. The summed E-state index contributed by atoms with van der Waals surface area (Å²) in [6.45, 7) is 5.51. The lowest BCUT2D eigenvalue weighted by Crippen LogP contribution is -2.34. The molecule has 4 nitrogen and oxygen atoms in total. The number of guanidine groups is 1. The first-order valence-corrected chi connectivity index (χ1v) is 6.27. The fraction of sp³-hybridized carbons (Fsp3) is 0.462. The SMILES string of the molecule is COc1cc(Cl)ccc1CN=C(N)NCC(C)C. The minimum Gasteiger partial charge on any atom is -0.496 e. The smallest absolute Gasteiger partial charge is 0.188 e. The van der Waals surface area contributed by atoms with E-state index >= 15 is 0 Å². The molecular formula is C13H20ClN3O. The third-order valence-corrected chi connectivity index (χ3v) is 2.60. The predicted molar refractivity (Wildman–Crippen MR) is 76.2 cm³/mol. The van der Waals surface area contributed by atoms with Gasteiger partial charge in [-0.2, -0.15) is 0 Å². The number of benzene rings is 1. The van der Waals surface area contributed by atoms with Gasteiger partial charge in [0.1, 0.15) is 5.75 Å². The molecule has 0 saturated carbocycles. The van der Waals surface area contributed by atoms with Crippen molar-refractivity contribution in [3.05, 3.63) is 28.8 Å². The quantitative estimate of drug-likeness (QED) is 0.637. The number of aliphatic imine (C=N–C) groups is 1. The van der Waals surface area contributed by atoms with Gasteiger partial charge in [0.2, 0.25) is 0 Å². The van der Waals surface area contributed by atoms with Crippen LogP contribution in [0.3, 0.4) is 0 Å². The van der Waals surface area contributed by atoms with Gasteiger partial charge < -0.3 is 15.8 Å². The molecular weight excluding hydrogens is 250 g/mol. The summed E-state index contributed by atoms with van der Waals surface area (Å²) in [7, 11) is 1.61. The van der Waals surface area contributed by atoms with Crippen LogP contribution < -0.4 is 15.8 Å². The van der Waals surface area contributed by atoms with E-state index in [4.69, 9.17) is 22.1 Å². The van der Waals surface area contributed by atoms with Crippen LogP contribution in [0.1, 0.15) is 19.4 Å². The number of nitrogens with zero attached hydrogens (tertiary/aromatic N) is 1. The molecule has 18 heavy (non-hydrogen) atoms. The number of rotatable bonds is 5. The van der Waals surface area contributed by atoms with E-state index in [1.807, 2.05) is 12.1 Å². The zero-order valence-electron chi connectivity index (χ0n) is 11.0. The van der Waals surface area contributed by atoms with Gasteiger partial charge in [-0.05, 0) is 18.1 Å². The Balaban J connectivity index is 2.64. The maximum Gasteiger partial charge on any atom is 0.188 e. The highest BCUT2D eigenvalue weighted by atomic mass is 35.5. The zero-order chi connectivity index (χ0) is 13.5. The van der Waals surface area contributed by atoms with Crippen LogP contribution in [0.5, 0.6) is 5.75 Å². The molecule has 0 unspecified atom stereocenters. The lowest BCUT2D eigenvalue weighted by molar-refractivity contribution is 0.410. The maximum absolute atomic E-state index is 5.89. The number of methoxy groups -OCH3 is 1. The highest BCUT2D eigenvalue weighted by Crippen LogP contribution is 2.23. The standard InChI is InChI=1S/C13H20ClN3O/c1-9(2)7-16-13(15)17-8-10-4-5-11(14)6-12(10)18-3/h4-6,9H,7-8H2,1-3H3,(H3,15,16,17). The van der Waals surface area contributed by atoms with Crippen LogP contribution in [-0.2, 0) is 6.54 Å². The molecule has 100 valence electrons. The van der Waals surface area contributed by atoms with Crippen molar-refractivity contribution in [2.45, 2.75) is 20.4 Å². The normalized spacial score (nSPS) is 11.7.